The van der Waals surface area contributed by atoms with E-state index in [1.165, 1.54) is 16.7 Å². The van der Waals surface area contributed by atoms with Crippen molar-refractivity contribution in [2.75, 3.05) is 64.5 Å². The van der Waals surface area contributed by atoms with E-state index in [1.54, 1.807) is 7.11 Å². The van der Waals surface area contributed by atoms with Gasteiger partial charge in [0.15, 0.2) is 7.36 Å². The zero-order chi connectivity index (χ0) is 26.2. The van der Waals surface area contributed by atoms with Crippen molar-refractivity contribution >= 4 is 24.4 Å². The first-order chi connectivity index (χ1) is 18.5. The van der Waals surface area contributed by atoms with E-state index in [-0.39, 0.29) is 5.41 Å². The summed E-state index contributed by atoms with van der Waals surface area (Å²) in [5.74, 6) is 0.832. The third-order valence-electron chi connectivity index (χ3n) is 7.71. The summed E-state index contributed by atoms with van der Waals surface area (Å²) in [6, 6.07) is 18.7. The Morgan fingerprint density at radius 2 is 1.53 bits per heavy atom. The van der Waals surface area contributed by atoms with Gasteiger partial charge in [-0.2, -0.15) is 5.10 Å². The average molecular weight is 536 g/mol. The van der Waals surface area contributed by atoms with Crippen molar-refractivity contribution in [1.82, 2.24) is 9.57 Å². The fourth-order valence-electron chi connectivity index (χ4n) is 5.94. The smallest absolute Gasteiger partial charge is 0.180 e. The van der Waals surface area contributed by atoms with E-state index < -0.39 is 7.36 Å². The highest BCUT2D eigenvalue weighted by Gasteiger charge is 2.51. The molecule has 1 aliphatic carbocycles. The molecule has 2 fully saturated rings. The minimum Gasteiger partial charge on any atom is -0.497 e. The number of rotatable bonds is 5. The molecule has 0 aromatic heterocycles. The van der Waals surface area contributed by atoms with Gasteiger partial charge in [0.1, 0.15) is 5.75 Å². The van der Waals surface area contributed by atoms with Crippen molar-refractivity contribution in [2.24, 2.45) is 15.3 Å². The highest BCUT2D eigenvalue weighted by Crippen LogP contribution is 2.72. The molecule has 0 bridgehead atoms. The molecule has 0 saturated carbocycles. The molecule has 0 spiro atoms. The lowest BCUT2D eigenvalue weighted by Gasteiger charge is -2.45. The van der Waals surface area contributed by atoms with E-state index in [2.05, 4.69) is 70.7 Å². The van der Waals surface area contributed by atoms with Crippen molar-refractivity contribution in [3.05, 3.63) is 65.6 Å². The van der Waals surface area contributed by atoms with Crippen molar-refractivity contribution in [2.45, 2.75) is 26.7 Å². The van der Waals surface area contributed by atoms with Crippen molar-refractivity contribution in [3.8, 4) is 5.75 Å². The van der Waals surface area contributed by atoms with E-state index in [1.807, 2.05) is 12.1 Å². The highest BCUT2D eigenvalue weighted by atomic mass is 31.2. The van der Waals surface area contributed by atoms with Gasteiger partial charge < -0.3 is 19.1 Å². The van der Waals surface area contributed by atoms with Crippen LogP contribution in [0.3, 0.4) is 0 Å². The van der Waals surface area contributed by atoms with Crippen LogP contribution in [0.15, 0.2) is 75.5 Å². The fourth-order valence-corrected chi connectivity index (χ4v) is 9.86. The van der Waals surface area contributed by atoms with E-state index >= 15 is 0 Å². The number of anilines is 1. The van der Waals surface area contributed by atoms with Crippen LogP contribution in [0.1, 0.15) is 26.7 Å². The van der Waals surface area contributed by atoms with Gasteiger partial charge in [-0.3, -0.25) is 0 Å². The van der Waals surface area contributed by atoms with E-state index in [0.717, 1.165) is 69.4 Å². The number of fused-ring (bicyclic) bond motifs is 1. The molecule has 0 amide bonds. The van der Waals surface area contributed by atoms with Gasteiger partial charge in [-0.15, -0.1) is 0 Å². The van der Waals surface area contributed by atoms with E-state index in [4.69, 9.17) is 24.1 Å². The van der Waals surface area contributed by atoms with Gasteiger partial charge >= 0.3 is 0 Å². The van der Waals surface area contributed by atoms with Crippen molar-refractivity contribution < 1.29 is 14.2 Å². The van der Waals surface area contributed by atoms with Crippen LogP contribution in [0.2, 0.25) is 0 Å². The lowest BCUT2D eigenvalue weighted by Crippen LogP contribution is -2.42. The maximum absolute atomic E-state index is 5.86. The van der Waals surface area contributed by atoms with Gasteiger partial charge in [-0.25, -0.2) is 14.2 Å². The summed E-state index contributed by atoms with van der Waals surface area (Å²) in [5, 5.41) is 6.81. The third-order valence-corrected chi connectivity index (χ3v) is 11.4. The fraction of sp³-hybridized carbons (Fsp3) is 0.483. The zero-order valence-electron chi connectivity index (χ0n) is 22.7. The molecule has 3 aliphatic heterocycles. The molecule has 0 radical (unpaired) electrons. The maximum Gasteiger partial charge on any atom is 0.180 e. The Labute approximate surface area is 226 Å². The Morgan fingerprint density at radius 1 is 0.868 bits per heavy atom. The predicted octanol–water partition coefficient (Wildman–Crippen LogP) is 5.93. The second kappa shape index (κ2) is 10.5. The van der Waals surface area contributed by atoms with Gasteiger partial charge in [-0.05, 0) is 54.7 Å². The molecule has 3 heterocycles. The quantitative estimate of drug-likeness (QED) is 0.443. The van der Waals surface area contributed by atoms with Gasteiger partial charge in [0.25, 0.3) is 0 Å². The molecule has 6 rings (SSSR count). The number of hydrazone groups is 1. The van der Waals surface area contributed by atoms with Gasteiger partial charge in [0, 0.05) is 31.9 Å². The first-order valence-electron chi connectivity index (χ1n) is 13.6. The molecule has 0 N–H and O–H groups in total. The molecule has 8 nitrogen and oxygen atoms in total. The number of ether oxygens (including phenoxy) is 3. The summed E-state index contributed by atoms with van der Waals surface area (Å²) in [6.45, 7) is 11.1. The van der Waals surface area contributed by atoms with E-state index in [0.29, 0.717) is 13.2 Å². The number of methoxy groups -OCH3 is 1. The summed E-state index contributed by atoms with van der Waals surface area (Å²) in [7, 11) is -0.846. The molecule has 9 heteroatoms. The van der Waals surface area contributed by atoms with Crippen LogP contribution in [0.4, 0.5) is 11.4 Å². The topological polar surface area (TPSA) is 62.1 Å². The largest absolute Gasteiger partial charge is 0.497 e. The van der Waals surface area contributed by atoms with Crippen LogP contribution in [0.25, 0.3) is 0 Å². The Bertz CT molecular complexity index is 1260. The molecular weight excluding hydrogens is 497 g/mol. The summed E-state index contributed by atoms with van der Waals surface area (Å²) in [6.07, 6.45) is 1.94. The molecule has 1 unspecified atom stereocenters. The number of hydrogen-bond acceptors (Lipinski definition) is 6. The second-order valence-electron chi connectivity index (χ2n) is 11.0. The first-order valence-corrected chi connectivity index (χ1v) is 15.2. The molecular formula is C29H38N5O3P. The van der Waals surface area contributed by atoms with Crippen LogP contribution < -0.4 is 9.52 Å². The van der Waals surface area contributed by atoms with Crippen LogP contribution in [0.5, 0.6) is 5.75 Å². The van der Waals surface area contributed by atoms with Crippen LogP contribution in [-0.4, -0.2) is 75.0 Å². The summed E-state index contributed by atoms with van der Waals surface area (Å²) < 4.78 is 27.7. The SMILES string of the molecule is COc1ccc(N=P2(N3CCOCC3)C3=C(N4CCOCC4)CC(C)(C)CC3=NN2c2ccccc2)cc1. The molecule has 4 aliphatic rings. The van der Waals surface area contributed by atoms with Crippen LogP contribution >= 0.6 is 7.36 Å². The van der Waals surface area contributed by atoms with Gasteiger partial charge in [0.05, 0.1) is 55.9 Å². The third kappa shape index (κ3) is 4.68. The van der Waals surface area contributed by atoms with Crippen LogP contribution in [0, 0.1) is 5.41 Å². The van der Waals surface area contributed by atoms with Gasteiger partial charge in [0.2, 0.25) is 0 Å². The molecule has 38 heavy (non-hydrogen) atoms. The van der Waals surface area contributed by atoms with Gasteiger partial charge in [-0.1, -0.05) is 32.0 Å². The molecule has 2 aromatic rings. The Balaban J connectivity index is 1.65. The Kier molecular flexibility index (Phi) is 7.08. The number of hydrogen-bond donors (Lipinski definition) is 0. The number of benzene rings is 2. The number of nitrogens with zero attached hydrogens (tertiary/aromatic N) is 5. The maximum atomic E-state index is 5.86. The molecule has 1 atom stereocenters. The van der Waals surface area contributed by atoms with Crippen molar-refractivity contribution in [3.63, 3.8) is 0 Å². The Morgan fingerprint density at radius 3 is 2.18 bits per heavy atom. The standard InChI is InChI=1S/C29H38N5O3P/c1-29(2)21-26-28(27(22-29)32-13-17-36-18-14-32)38(33-15-19-37-20-16-33,31-23-9-11-25(35-3)12-10-23)34(30-26)24-7-5-4-6-8-24/h4-12H,13-22H2,1-3H3. The minimum atomic E-state index is -2.55. The average Bonchev–Trinajstić information content (AvgIpc) is 3.28. The number of morpholine rings is 2. The molecule has 2 aromatic carbocycles. The van der Waals surface area contributed by atoms with E-state index in [9.17, 15) is 0 Å². The second-order valence-corrected chi connectivity index (χ2v) is 13.7. The van der Waals surface area contributed by atoms with Crippen molar-refractivity contribution in [1.29, 1.82) is 0 Å². The zero-order valence-corrected chi connectivity index (χ0v) is 23.6. The lowest BCUT2D eigenvalue weighted by atomic mass is 9.78. The molecule has 2 saturated heterocycles. The van der Waals surface area contributed by atoms with Crippen LogP contribution in [-0.2, 0) is 9.47 Å². The normalized spacial score (nSPS) is 25.7. The highest BCUT2D eigenvalue weighted by molar-refractivity contribution is 7.71. The molecule has 202 valence electrons. The predicted molar refractivity (Wildman–Crippen MR) is 153 cm³/mol. The summed E-state index contributed by atoms with van der Waals surface area (Å²) >= 11 is 0. The summed E-state index contributed by atoms with van der Waals surface area (Å²) in [4.78, 5) is 2.56. The lowest BCUT2D eigenvalue weighted by molar-refractivity contribution is 0.0488. The number of para-hydroxylation sites is 1. The monoisotopic (exact) mass is 535 g/mol. The minimum absolute atomic E-state index is 0.115. The number of allylic oxidation sites excluding steroid dienone is 2. The first kappa shape index (κ1) is 25.6. The Hall–Kier alpha value is -2.64. The summed E-state index contributed by atoms with van der Waals surface area (Å²) in [5.41, 5.74) is 4.73.